The first-order chi connectivity index (χ1) is 11.5. The molecular formula is C19H26BrN3O. The highest BCUT2D eigenvalue weighted by atomic mass is 79.9. The first-order valence-corrected chi connectivity index (χ1v) is 9.67. The van der Waals surface area contributed by atoms with Gasteiger partial charge in [0.2, 0.25) is 0 Å². The summed E-state index contributed by atoms with van der Waals surface area (Å²) < 4.78 is 0.764. The summed E-state index contributed by atoms with van der Waals surface area (Å²) in [6, 6.07) is 0.290. The molecule has 4 nitrogen and oxygen atoms in total. The van der Waals surface area contributed by atoms with Gasteiger partial charge in [0, 0.05) is 29.8 Å². The van der Waals surface area contributed by atoms with Crippen molar-refractivity contribution < 1.29 is 4.79 Å². The fourth-order valence-corrected chi connectivity index (χ4v) is 3.68. The van der Waals surface area contributed by atoms with Gasteiger partial charge in [-0.15, -0.1) is 0 Å². The van der Waals surface area contributed by atoms with E-state index in [0.29, 0.717) is 17.7 Å². The van der Waals surface area contributed by atoms with E-state index < -0.39 is 0 Å². The molecule has 0 aromatic heterocycles. The fraction of sp³-hybridized carbons (Fsp3) is 0.579. The molecule has 1 saturated heterocycles. The molecule has 0 aromatic rings. The second-order valence-electron chi connectivity index (χ2n) is 7.05. The van der Waals surface area contributed by atoms with E-state index in [2.05, 4.69) is 39.3 Å². The van der Waals surface area contributed by atoms with Crippen LogP contribution < -0.4 is 0 Å². The average molecular weight is 392 g/mol. The number of likely N-dealkylation sites (tertiary alicyclic amines) is 1. The lowest BCUT2D eigenvalue weighted by atomic mass is 10.1. The van der Waals surface area contributed by atoms with Crippen molar-refractivity contribution in [2.45, 2.75) is 51.5 Å². The van der Waals surface area contributed by atoms with Crippen LogP contribution in [0.3, 0.4) is 0 Å². The first-order valence-electron chi connectivity index (χ1n) is 8.88. The van der Waals surface area contributed by atoms with Crippen molar-refractivity contribution in [1.82, 2.24) is 9.80 Å². The molecule has 1 saturated carbocycles. The Morgan fingerprint density at radius 3 is 2.75 bits per heavy atom. The largest absolute Gasteiger partial charge is 0.335 e. The molecule has 0 aromatic carbocycles. The predicted octanol–water partition coefficient (Wildman–Crippen LogP) is 4.21. The summed E-state index contributed by atoms with van der Waals surface area (Å²) in [4.78, 5) is 21.9. The van der Waals surface area contributed by atoms with Crippen LogP contribution in [0.25, 0.3) is 0 Å². The van der Waals surface area contributed by atoms with Crippen LogP contribution in [0.1, 0.15) is 45.4 Å². The van der Waals surface area contributed by atoms with Crippen LogP contribution in [-0.2, 0) is 4.79 Å². The van der Waals surface area contributed by atoms with E-state index in [9.17, 15) is 4.79 Å². The monoisotopic (exact) mass is 391 g/mol. The van der Waals surface area contributed by atoms with Crippen LogP contribution in [0.5, 0.6) is 0 Å². The van der Waals surface area contributed by atoms with Gasteiger partial charge in [0.15, 0.2) is 0 Å². The van der Waals surface area contributed by atoms with Gasteiger partial charge in [-0.25, -0.2) is 4.99 Å². The first kappa shape index (κ1) is 17.5. The van der Waals surface area contributed by atoms with E-state index in [1.54, 1.807) is 0 Å². The van der Waals surface area contributed by atoms with Gasteiger partial charge in [-0.05, 0) is 50.7 Å². The van der Waals surface area contributed by atoms with Gasteiger partial charge in [0.05, 0.1) is 0 Å². The number of amides is 1. The highest BCUT2D eigenvalue weighted by Gasteiger charge is 2.34. The number of halogens is 1. The Balaban J connectivity index is 1.91. The van der Waals surface area contributed by atoms with Crippen molar-refractivity contribution in [3.63, 3.8) is 0 Å². The molecule has 1 unspecified atom stereocenters. The van der Waals surface area contributed by atoms with Crippen LogP contribution in [0.15, 0.2) is 39.7 Å². The molecule has 1 atom stereocenters. The average Bonchev–Trinajstić information content (AvgIpc) is 3.36. The summed E-state index contributed by atoms with van der Waals surface area (Å²) in [5.41, 5.74) is 1.78. The number of nitrogens with zero attached hydrogens (tertiary/aromatic N) is 3. The number of aliphatic imine (C=N–C) groups is 1. The van der Waals surface area contributed by atoms with Gasteiger partial charge >= 0.3 is 0 Å². The molecule has 0 radical (unpaired) electrons. The Morgan fingerprint density at radius 1 is 1.33 bits per heavy atom. The zero-order valence-electron chi connectivity index (χ0n) is 14.6. The molecule has 1 aliphatic carbocycles. The third-order valence-corrected chi connectivity index (χ3v) is 5.29. The number of allylic oxidation sites excluding steroid dienone is 3. The summed E-state index contributed by atoms with van der Waals surface area (Å²) in [7, 11) is 2.02. The molecule has 2 fully saturated rings. The summed E-state index contributed by atoms with van der Waals surface area (Å²) in [5, 5.41) is 0. The van der Waals surface area contributed by atoms with Gasteiger partial charge in [0.25, 0.3) is 5.91 Å². The third-order valence-electron chi connectivity index (χ3n) is 5.06. The second kappa shape index (κ2) is 7.26. The van der Waals surface area contributed by atoms with Crippen molar-refractivity contribution in [2.75, 3.05) is 13.6 Å². The second-order valence-corrected chi connectivity index (χ2v) is 8.06. The summed E-state index contributed by atoms with van der Waals surface area (Å²) in [6.07, 6.45) is 10.9. The lowest BCUT2D eigenvalue weighted by molar-refractivity contribution is -0.125. The third kappa shape index (κ3) is 3.82. The zero-order chi connectivity index (χ0) is 17.3. The number of carbonyl (C=O) groups excluding carboxylic acids is 1. The van der Waals surface area contributed by atoms with Gasteiger partial charge in [0.1, 0.15) is 11.5 Å². The maximum atomic E-state index is 13.1. The van der Waals surface area contributed by atoms with Gasteiger partial charge in [-0.3, -0.25) is 4.79 Å². The molecule has 24 heavy (non-hydrogen) atoms. The highest BCUT2D eigenvalue weighted by molar-refractivity contribution is 9.11. The lowest BCUT2D eigenvalue weighted by Crippen LogP contribution is -2.43. The molecule has 5 heteroatoms. The molecule has 2 aliphatic heterocycles. The molecule has 130 valence electrons. The van der Waals surface area contributed by atoms with Crippen LogP contribution in [0.2, 0.25) is 0 Å². The van der Waals surface area contributed by atoms with Crippen molar-refractivity contribution >= 4 is 27.5 Å². The number of hydrogen-bond acceptors (Lipinski definition) is 3. The van der Waals surface area contributed by atoms with Crippen LogP contribution in [-0.4, -0.2) is 41.1 Å². The Bertz CT molecular complexity index is 631. The van der Waals surface area contributed by atoms with Crippen molar-refractivity contribution in [3.8, 4) is 0 Å². The zero-order valence-corrected chi connectivity index (χ0v) is 16.2. The fourth-order valence-electron chi connectivity index (χ4n) is 3.47. The quantitative estimate of drug-likeness (QED) is 0.722. The summed E-state index contributed by atoms with van der Waals surface area (Å²) in [6.45, 7) is 6.88. The maximum Gasteiger partial charge on any atom is 0.272 e. The van der Waals surface area contributed by atoms with Crippen molar-refractivity contribution in [3.05, 3.63) is 34.7 Å². The molecule has 3 aliphatic rings. The summed E-state index contributed by atoms with van der Waals surface area (Å²) >= 11 is 3.38. The number of rotatable bonds is 3. The minimum Gasteiger partial charge on any atom is -0.335 e. The Hall–Kier alpha value is -1.36. The Kier molecular flexibility index (Phi) is 5.28. The summed E-state index contributed by atoms with van der Waals surface area (Å²) in [5.74, 6) is 1.41. The van der Waals surface area contributed by atoms with Crippen LogP contribution in [0.4, 0.5) is 0 Å². The van der Waals surface area contributed by atoms with E-state index in [1.165, 1.54) is 31.4 Å². The standard InChI is InChI=1S/C19H26BrN3O/c1-13(20)11-18-21-16(12-17(22(18)3)15-8-9-15)19(24)23-10-6-4-5-7-14(23)2/h11-12,14-15H,1,4-10H2,2-3H3/b18-11-. The number of carbonyl (C=O) groups is 1. The van der Waals surface area contributed by atoms with E-state index >= 15 is 0 Å². The number of hydrogen-bond donors (Lipinski definition) is 0. The molecule has 0 N–H and O–H groups in total. The van der Waals surface area contributed by atoms with Crippen molar-refractivity contribution in [2.24, 2.45) is 10.9 Å². The van der Waals surface area contributed by atoms with Crippen LogP contribution >= 0.6 is 15.9 Å². The Labute approximate surface area is 153 Å². The topological polar surface area (TPSA) is 35.9 Å². The molecule has 1 amide bonds. The van der Waals surface area contributed by atoms with Crippen LogP contribution in [0, 0.1) is 5.92 Å². The van der Waals surface area contributed by atoms with E-state index in [4.69, 9.17) is 0 Å². The molecular weight excluding hydrogens is 366 g/mol. The SMILES string of the molecule is C=C(Br)/C=C1/N=C(C(=O)N2CCCCCC2C)C=C(C2CC2)N1C. The van der Waals surface area contributed by atoms with Gasteiger partial charge in [-0.1, -0.05) is 35.4 Å². The van der Waals surface area contributed by atoms with E-state index in [0.717, 1.165) is 29.7 Å². The Morgan fingerprint density at radius 2 is 2.08 bits per heavy atom. The van der Waals surface area contributed by atoms with E-state index in [-0.39, 0.29) is 5.91 Å². The van der Waals surface area contributed by atoms with E-state index in [1.807, 2.05) is 24.1 Å². The molecule has 0 spiro atoms. The molecule has 3 rings (SSSR count). The lowest BCUT2D eigenvalue weighted by Gasteiger charge is -2.31. The maximum absolute atomic E-state index is 13.1. The van der Waals surface area contributed by atoms with Crippen molar-refractivity contribution in [1.29, 1.82) is 0 Å². The minimum atomic E-state index is 0.0711. The van der Waals surface area contributed by atoms with Gasteiger partial charge in [-0.2, -0.15) is 0 Å². The predicted molar refractivity (Wildman–Crippen MR) is 102 cm³/mol. The smallest absolute Gasteiger partial charge is 0.272 e. The molecule has 0 bridgehead atoms. The normalized spacial score (nSPS) is 26.8. The highest BCUT2D eigenvalue weighted by Crippen LogP contribution is 2.40. The minimum absolute atomic E-state index is 0.0711. The van der Waals surface area contributed by atoms with Gasteiger partial charge < -0.3 is 9.80 Å². The molecule has 2 heterocycles.